The number of esters is 4. The molecule has 0 spiro atoms. The molecule has 0 bridgehead atoms. The first-order chi connectivity index (χ1) is 49.9. The first kappa shape index (κ1) is 90.2. The number of rotatable bonds is 29. The van der Waals surface area contributed by atoms with Gasteiger partial charge in [-0.2, -0.15) is 8.42 Å². The monoisotopic (exact) mass is 1470 g/mol. The van der Waals surface area contributed by atoms with Gasteiger partial charge < -0.3 is 41.2 Å². The summed E-state index contributed by atoms with van der Waals surface area (Å²) in [5.41, 5.74) is 15.7. The van der Waals surface area contributed by atoms with Crippen LogP contribution in [0.1, 0.15) is 68.9 Å². The van der Waals surface area contributed by atoms with E-state index in [1.807, 2.05) is 149 Å². The molecule has 0 amide bonds. The Hall–Kier alpha value is -7.21. The van der Waals surface area contributed by atoms with Crippen LogP contribution in [0.15, 0.2) is 187 Å². The van der Waals surface area contributed by atoms with Gasteiger partial charge in [0.15, 0.2) is 5.78 Å². The normalized spacial score (nSPS) is 19.4. The van der Waals surface area contributed by atoms with Gasteiger partial charge in [-0.3, -0.25) is 52.7 Å². The number of azide groups is 1. The molecule has 5 aliphatic rings. The maximum atomic E-state index is 11.7. The summed E-state index contributed by atoms with van der Waals surface area (Å²) in [7, 11) is -3.52. The van der Waals surface area contributed by atoms with Gasteiger partial charge in [0.2, 0.25) is 0 Å². The summed E-state index contributed by atoms with van der Waals surface area (Å²) in [6.07, 6.45) is 0.463. The molecule has 5 heterocycles. The zero-order valence-electron chi connectivity index (χ0n) is 62.9. The summed E-state index contributed by atoms with van der Waals surface area (Å²) in [5.74, 6) is -0.928. The molecule has 24 nitrogen and oxygen atoms in total. The van der Waals surface area contributed by atoms with E-state index in [9.17, 15) is 37.5 Å². The minimum atomic E-state index is -3.52. The molecule has 6 aromatic carbocycles. The Bertz CT molecular complexity index is 3570. The molecule has 7 atom stereocenters. The number of nitrogens with one attached hydrogen (secondary N) is 2. The van der Waals surface area contributed by atoms with E-state index in [1.54, 1.807) is 27.7 Å². The molecule has 0 aliphatic carbocycles. The zero-order chi connectivity index (χ0) is 74.0. The molecular weight excluding hydrogens is 1370 g/mol. The van der Waals surface area contributed by atoms with Crippen LogP contribution in [-0.2, 0) is 96.5 Å². The number of fused-ring (bicyclic) bond motifs is 1. The first-order valence-corrected chi connectivity index (χ1v) is 37.3. The maximum absolute atomic E-state index is 11.7. The van der Waals surface area contributed by atoms with Crippen LogP contribution in [0.25, 0.3) is 10.4 Å². The van der Waals surface area contributed by atoms with Crippen molar-refractivity contribution in [1.82, 2.24) is 35.1 Å². The van der Waals surface area contributed by atoms with E-state index in [0.29, 0.717) is 85.3 Å². The van der Waals surface area contributed by atoms with Gasteiger partial charge in [0.25, 0.3) is 10.1 Å². The van der Waals surface area contributed by atoms with Crippen molar-refractivity contribution >= 4 is 48.2 Å². The number of likely N-dealkylation sites (tertiary alicyclic amines) is 4. The Kier molecular flexibility index (Phi) is 43.9. The second-order valence-electron chi connectivity index (χ2n) is 25.7. The number of aliphatic hydroxyl groups excluding tert-OH is 2. The third-order valence-electron chi connectivity index (χ3n) is 17.4. The Morgan fingerprint density at radius 3 is 1.49 bits per heavy atom. The summed E-state index contributed by atoms with van der Waals surface area (Å²) in [6.45, 7) is 21.6. The Morgan fingerprint density at radius 1 is 0.600 bits per heavy atom. The number of ether oxygens (including phenoxy) is 4. The van der Waals surface area contributed by atoms with Crippen molar-refractivity contribution in [3.05, 3.63) is 226 Å². The van der Waals surface area contributed by atoms with Crippen LogP contribution in [-0.4, -0.2) is 224 Å². The molecule has 11 rings (SSSR count). The van der Waals surface area contributed by atoms with Crippen molar-refractivity contribution in [3.63, 3.8) is 0 Å². The van der Waals surface area contributed by atoms with Crippen LogP contribution in [0.5, 0.6) is 0 Å². The molecule has 563 valence electrons. The number of β-amino-alcohol motifs (C(OH)–C–C–N with tert-alkyl or cyclic N) is 1. The maximum Gasteiger partial charge on any atom is 1.00 e. The number of hydrogen-bond donors (Lipinski definition) is 4. The number of benzene rings is 6. The SMILES string of the molecule is CCOC(=O)C1CN(Cc2ccccc2)CC1=O.CCOC(=O)CCN(CC(=O)OCC)Cc1ccccc1.CCOC(=O)CNCc1ccccc1.CS(=O)(=O)O[C@H]1CN(Cc2ccccc2)C[C@@H]1CN=[N+]=[N-].OCC1CN(Cc2ccccc2)CC1O.[B].[H-].[Na+].c1ccc(CN2C[C@@H]3CN[C@@H]3C2)cc1. The third kappa shape index (κ3) is 35.8. The minimum absolute atomic E-state index is 0. The molecule has 5 aliphatic heterocycles. The van der Waals surface area contributed by atoms with Crippen LogP contribution in [0, 0.1) is 23.7 Å². The van der Waals surface area contributed by atoms with Crippen molar-refractivity contribution in [3.8, 4) is 0 Å². The van der Waals surface area contributed by atoms with E-state index in [1.165, 1.54) is 30.8 Å². The van der Waals surface area contributed by atoms with Crippen LogP contribution in [0.4, 0.5) is 0 Å². The van der Waals surface area contributed by atoms with Gasteiger partial charge in [0, 0.05) is 148 Å². The number of Topliss-reactive ketones (excluding diaryl/α,β-unsaturated/α-hetero) is 1. The fourth-order valence-electron chi connectivity index (χ4n) is 12.4. The van der Waals surface area contributed by atoms with Crippen LogP contribution < -0.4 is 40.2 Å². The van der Waals surface area contributed by atoms with Gasteiger partial charge in [0.05, 0.1) is 70.9 Å². The first-order valence-electron chi connectivity index (χ1n) is 35.5. The van der Waals surface area contributed by atoms with E-state index >= 15 is 0 Å². The van der Waals surface area contributed by atoms with E-state index in [-0.39, 0.29) is 114 Å². The summed E-state index contributed by atoms with van der Waals surface area (Å²) in [6, 6.07) is 61.4. The molecule has 5 fully saturated rings. The quantitative estimate of drug-likeness (QED) is 0.00725. The molecule has 4 N–H and O–H groups in total. The molecule has 3 unspecified atom stereocenters. The minimum Gasteiger partial charge on any atom is -1.00 e. The Morgan fingerprint density at radius 2 is 1.05 bits per heavy atom. The van der Waals surface area contributed by atoms with Crippen molar-refractivity contribution < 1.29 is 96.7 Å². The van der Waals surface area contributed by atoms with Crippen molar-refractivity contribution in [1.29, 1.82) is 0 Å². The van der Waals surface area contributed by atoms with Crippen molar-refractivity contribution in [2.24, 2.45) is 28.8 Å². The van der Waals surface area contributed by atoms with E-state index in [4.69, 9.17) is 33.8 Å². The van der Waals surface area contributed by atoms with Gasteiger partial charge in [-0.1, -0.05) is 187 Å². The van der Waals surface area contributed by atoms with Crippen molar-refractivity contribution in [2.75, 3.05) is 124 Å². The second kappa shape index (κ2) is 51.1. The van der Waals surface area contributed by atoms with Crippen LogP contribution >= 0.6 is 0 Å². The summed E-state index contributed by atoms with van der Waals surface area (Å²) in [4.78, 5) is 70.8. The average Bonchev–Trinajstić information content (AvgIpc) is 1.71. The van der Waals surface area contributed by atoms with Gasteiger partial charge in [-0.05, 0) is 66.6 Å². The average molecular weight is 1470 g/mol. The van der Waals surface area contributed by atoms with Gasteiger partial charge in [0.1, 0.15) is 5.92 Å². The molecular formula is C78H107BN10NaO14S. The number of carbonyl (C=O) groups excluding carboxylic acids is 5. The van der Waals surface area contributed by atoms with Crippen LogP contribution in [0.2, 0.25) is 0 Å². The fraction of sp³-hybridized carbons (Fsp3) is 0.474. The standard InChI is InChI=1S/C16H23NO4.C14H17NO3.C13H18N4O3S.C12H16N2.C12H17NO2.C11H15NO2.B.Na.H/c1-3-20-15(18)10-11-17(13-16(19)21-4-2)12-14-8-6-5-7-9-14;1-2-18-14(17)12-9-15(10-13(12)16)8-11-6-4-3-5-7-11;1-21(18,19)20-13-10-17(9-12(13)7-15-16-14)8-11-5-3-2-4-6-11;1-2-4-10(5-3-1)7-14-8-11-6-13-12(11)9-14;14-9-11-7-13(8-12(11)15)6-10-4-2-1-3-5-10;1-2-14-11(13)9-12-8-10-6-4-3-5-7-10;;;/h5-9H,3-4,10-13H2,1-2H3;3-7,12H,2,8-10H2,1H3;2-6,12-13H,7-10H2,1H3;1-5,11-13H,6-9H2;1-5,11-12,14-15H,6-9H2;3-7,12H,2,8-9H2,1H3;;;/q;;;;;;;+1;-1/t;;12-,13-;11-,12+;;;;;/m..00...../s1. The Balaban J connectivity index is 0.000000330. The molecule has 0 aromatic heterocycles. The smallest absolute Gasteiger partial charge is 1.00 e. The van der Waals surface area contributed by atoms with E-state index < -0.39 is 28.1 Å². The molecule has 27 heteroatoms. The van der Waals surface area contributed by atoms with Gasteiger partial charge in [-0.15, -0.1) is 0 Å². The Labute approximate surface area is 646 Å². The topological polar surface area (TPSA) is 295 Å². The number of hydrogen-bond acceptors (Lipinski definition) is 22. The largest absolute Gasteiger partial charge is 1.00 e. The number of carbonyl (C=O) groups is 5. The third-order valence-corrected chi connectivity index (χ3v) is 18.0. The second-order valence-corrected chi connectivity index (χ2v) is 27.3. The summed E-state index contributed by atoms with van der Waals surface area (Å²) in [5, 5.41) is 28.7. The predicted molar refractivity (Wildman–Crippen MR) is 402 cm³/mol. The van der Waals surface area contributed by atoms with E-state index in [2.05, 4.69) is 77.8 Å². The molecule has 5 saturated heterocycles. The zero-order valence-corrected chi connectivity index (χ0v) is 64.7. The fourth-order valence-corrected chi connectivity index (χ4v) is 13.0. The number of aliphatic hydroxyl groups is 2. The molecule has 3 radical (unpaired) electrons. The van der Waals surface area contributed by atoms with Gasteiger partial charge >= 0.3 is 53.4 Å². The van der Waals surface area contributed by atoms with Gasteiger partial charge in [-0.25, -0.2) is 0 Å². The molecule has 0 saturated carbocycles. The molecule has 6 aromatic rings. The van der Waals surface area contributed by atoms with Crippen LogP contribution in [0.3, 0.4) is 0 Å². The number of ketones is 1. The van der Waals surface area contributed by atoms with Crippen molar-refractivity contribution in [2.45, 2.75) is 91.6 Å². The summed E-state index contributed by atoms with van der Waals surface area (Å²) < 4.78 is 47.3. The molecule has 105 heavy (non-hydrogen) atoms. The summed E-state index contributed by atoms with van der Waals surface area (Å²) >= 11 is 0. The number of nitrogens with zero attached hydrogens (tertiary/aromatic N) is 8. The van der Waals surface area contributed by atoms with E-state index in [0.717, 1.165) is 66.6 Å². The predicted octanol–water partition coefficient (Wildman–Crippen LogP) is 4.67.